The van der Waals surface area contributed by atoms with E-state index in [2.05, 4.69) is 13.0 Å². The maximum atomic E-state index is 14.2. The molecule has 0 heterocycles. The third-order valence-electron chi connectivity index (χ3n) is 11.1. The Morgan fingerprint density at radius 3 is 2.22 bits per heavy atom. The van der Waals surface area contributed by atoms with Gasteiger partial charge in [-0.25, -0.2) is 0 Å². The quantitative estimate of drug-likeness (QED) is 0.342. The summed E-state index contributed by atoms with van der Waals surface area (Å²) in [5.74, 6) is -1.98. The van der Waals surface area contributed by atoms with Gasteiger partial charge >= 0.3 is 0 Å². The van der Waals surface area contributed by atoms with E-state index in [0.29, 0.717) is 12.8 Å². The predicted molar refractivity (Wildman–Crippen MR) is 136 cm³/mol. The first-order chi connectivity index (χ1) is 16.2. The lowest BCUT2D eigenvalue weighted by atomic mass is 9.38. The number of Topliss-reactive ketones (excluding diaryl/α,β-unsaturated/α-hetero) is 3. The highest BCUT2D eigenvalue weighted by Crippen LogP contribution is 2.73. The van der Waals surface area contributed by atoms with Crippen molar-refractivity contribution in [1.82, 2.24) is 0 Å². The van der Waals surface area contributed by atoms with Crippen molar-refractivity contribution in [3.05, 3.63) is 23.8 Å². The van der Waals surface area contributed by atoms with Crippen LogP contribution in [0.15, 0.2) is 23.8 Å². The average molecular weight is 499 g/mol. The van der Waals surface area contributed by atoms with Crippen LogP contribution in [0.3, 0.4) is 0 Å². The van der Waals surface area contributed by atoms with E-state index in [1.165, 1.54) is 19.1 Å². The van der Waals surface area contributed by atoms with E-state index >= 15 is 0 Å². The Bertz CT molecular complexity index is 1100. The molecule has 36 heavy (non-hydrogen) atoms. The molecule has 0 radical (unpaired) electrons. The molecule has 0 aliphatic heterocycles. The Hall–Kier alpha value is -1.92. The smallest absolute Gasteiger partial charge is 0.207 e. The van der Waals surface area contributed by atoms with E-state index in [0.717, 1.165) is 12.0 Å². The molecule has 6 nitrogen and oxygen atoms in total. The lowest BCUT2D eigenvalue weighted by molar-refractivity contribution is -0.180. The van der Waals surface area contributed by atoms with Gasteiger partial charge in [0.25, 0.3) is 0 Å². The maximum absolute atomic E-state index is 14.2. The highest BCUT2D eigenvalue weighted by molar-refractivity contribution is 6.40. The summed E-state index contributed by atoms with van der Waals surface area (Å²) >= 11 is 0. The number of carbonyl (C=O) groups is 4. The number of allylic oxidation sites excluding steroid dienone is 2. The number of ketones is 4. The molecule has 0 amide bonds. The van der Waals surface area contributed by atoms with Crippen LogP contribution in [0.1, 0.15) is 87.5 Å². The second-order valence-electron chi connectivity index (χ2n) is 13.9. The molecule has 4 rings (SSSR count). The minimum absolute atomic E-state index is 0.0585. The first-order valence-electron chi connectivity index (χ1n) is 13.2. The topological polar surface area (TPSA) is 109 Å². The van der Waals surface area contributed by atoms with Gasteiger partial charge in [-0.05, 0) is 76.7 Å². The molecule has 2 N–H and O–H groups in total. The van der Waals surface area contributed by atoms with Gasteiger partial charge in [-0.2, -0.15) is 0 Å². The Morgan fingerprint density at radius 2 is 1.64 bits per heavy atom. The van der Waals surface area contributed by atoms with Crippen LogP contribution in [-0.2, 0) is 19.2 Å². The van der Waals surface area contributed by atoms with E-state index in [1.807, 2.05) is 13.8 Å². The molecule has 4 aliphatic rings. The third-order valence-corrected chi connectivity index (χ3v) is 11.1. The van der Waals surface area contributed by atoms with E-state index in [-0.39, 0.29) is 41.7 Å². The first-order valence-corrected chi connectivity index (χ1v) is 13.2. The molecule has 6 heteroatoms. The van der Waals surface area contributed by atoms with Crippen molar-refractivity contribution in [1.29, 1.82) is 0 Å². The molecule has 0 saturated heterocycles. The van der Waals surface area contributed by atoms with Gasteiger partial charge in [0.1, 0.15) is 11.4 Å². The largest absolute Gasteiger partial charge is 0.386 e. The zero-order valence-electron chi connectivity index (χ0n) is 23.0. The monoisotopic (exact) mass is 498 g/mol. The van der Waals surface area contributed by atoms with Crippen molar-refractivity contribution >= 4 is 23.1 Å². The second kappa shape index (κ2) is 7.80. The van der Waals surface area contributed by atoms with Crippen LogP contribution < -0.4 is 0 Å². The molecule has 3 fully saturated rings. The Balaban J connectivity index is 1.77. The molecule has 7 atom stereocenters. The molecule has 0 aromatic heterocycles. The van der Waals surface area contributed by atoms with Gasteiger partial charge in [0.05, 0.1) is 11.0 Å². The molecule has 4 aliphatic carbocycles. The average Bonchev–Trinajstić information content (AvgIpc) is 3.02. The number of hydrogen-bond acceptors (Lipinski definition) is 6. The second-order valence-corrected chi connectivity index (χ2v) is 13.9. The molecule has 0 aromatic carbocycles. The van der Waals surface area contributed by atoms with Crippen LogP contribution in [0.2, 0.25) is 0 Å². The molecule has 198 valence electrons. The lowest BCUT2D eigenvalue weighted by Crippen LogP contribution is -2.65. The van der Waals surface area contributed by atoms with Crippen molar-refractivity contribution in [3.63, 3.8) is 0 Å². The number of rotatable bonds is 4. The Labute approximate surface area is 214 Å². The normalized spacial score (nSPS) is 41.9. The molecule has 0 spiro atoms. The van der Waals surface area contributed by atoms with Crippen LogP contribution in [0.4, 0.5) is 0 Å². The number of fused-ring (bicyclic) bond motifs is 5. The van der Waals surface area contributed by atoms with Gasteiger partial charge in [0.2, 0.25) is 5.78 Å². The SMILES string of the molecule is CC(C)(O)C=CC(=O)C(C)(O)C1CCC2(C)C3CC=C4C(CC(=O)C(=O)C4(C)C)C3(C)C(=O)CC12C. The fourth-order valence-corrected chi connectivity index (χ4v) is 8.67. The van der Waals surface area contributed by atoms with Crippen molar-refractivity contribution in [2.24, 2.45) is 39.4 Å². The summed E-state index contributed by atoms with van der Waals surface area (Å²) in [6, 6.07) is 0. The molecular formula is C30H42O6. The van der Waals surface area contributed by atoms with Crippen molar-refractivity contribution in [3.8, 4) is 0 Å². The van der Waals surface area contributed by atoms with E-state index in [1.54, 1.807) is 27.7 Å². The van der Waals surface area contributed by atoms with Crippen LogP contribution in [0.25, 0.3) is 0 Å². The molecule has 3 saturated carbocycles. The minimum atomic E-state index is -1.69. The zero-order chi connectivity index (χ0) is 27.3. The van der Waals surface area contributed by atoms with Gasteiger partial charge in [-0.3, -0.25) is 19.2 Å². The first kappa shape index (κ1) is 27.1. The number of carbonyl (C=O) groups excluding carboxylic acids is 4. The number of hydrogen-bond donors (Lipinski definition) is 2. The van der Waals surface area contributed by atoms with Crippen LogP contribution >= 0.6 is 0 Å². The van der Waals surface area contributed by atoms with E-state index in [9.17, 15) is 29.4 Å². The summed E-state index contributed by atoms with van der Waals surface area (Å²) in [4.78, 5) is 52.8. The van der Waals surface area contributed by atoms with E-state index in [4.69, 9.17) is 0 Å². The highest BCUT2D eigenvalue weighted by Gasteiger charge is 2.72. The number of aliphatic hydroxyl groups is 2. The fraction of sp³-hybridized carbons (Fsp3) is 0.733. The summed E-state index contributed by atoms with van der Waals surface area (Å²) in [7, 11) is 0. The standard InChI is InChI=1S/C30H42O6/c1-25(2,35)13-12-22(32)30(8,36)21-11-14-27(5)20-10-9-17-18(15-19(31)24(34)26(17,3)4)29(20,7)23(33)16-28(21,27)6/h9,12-13,18,20-21,35-36H,10-11,14-16H2,1-8H3. The summed E-state index contributed by atoms with van der Waals surface area (Å²) in [6.07, 6.45) is 7.03. The predicted octanol–water partition coefficient (Wildman–Crippen LogP) is 4.17. The van der Waals surface area contributed by atoms with E-state index < -0.39 is 44.9 Å². The lowest BCUT2D eigenvalue weighted by Gasteiger charge is -2.64. The van der Waals surface area contributed by atoms with Crippen molar-refractivity contribution in [2.75, 3.05) is 0 Å². The van der Waals surface area contributed by atoms with Crippen LogP contribution in [0.5, 0.6) is 0 Å². The summed E-state index contributed by atoms with van der Waals surface area (Å²) in [5.41, 5.74) is -4.60. The van der Waals surface area contributed by atoms with Crippen molar-refractivity contribution in [2.45, 2.75) is 98.7 Å². The van der Waals surface area contributed by atoms with Crippen molar-refractivity contribution < 1.29 is 29.4 Å². The maximum Gasteiger partial charge on any atom is 0.207 e. The van der Waals surface area contributed by atoms with Gasteiger partial charge in [0.15, 0.2) is 11.6 Å². The summed E-state index contributed by atoms with van der Waals surface area (Å²) in [5, 5.41) is 21.6. The minimum Gasteiger partial charge on any atom is -0.386 e. The van der Waals surface area contributed by atoms with Gasteiger partial charge < -0.3 is 10.2 Å². The molecular weight excluding hydrogens is 456 g/mol. The van der Waals surface area contributed by atoms with Crippen LogP contribution in [0, 0.1) is 39.4 Å². The van der Waals surface area contributed by atoms with Crippen LogP contribution in [-0.4, -0.2) is 44.5 Å². The van der Waals surface area contributed by atoms with Gasteiger partial charge in [-0.1, -0.05) is 38.5 Å². The van der Waals surface area contributed by atoms with Gasteiger partial charge in [0, 0.05) is 30.1 Å². The third kappa shape index (κ3) is 3.43. The highest BCUT2D eigenvalue weighted by atomic mass is 16.3. The zero-order valence-corrected chi connectivity index (χ0v) is 23.0. The van der Waals surface area contributed by atoms with Gasteiger partial charge in [-0.15, -0.1) is 0 Å². The fourth-order valence-electron chi connectivity index (χ4n) is 8.67. The molecule has 0 aromatic rings. The Kier molecular flexibility index (Phi) is 5.87. The summed E-state index contributed by atoms with van der Waals surface area (Å²) < 4.78 is 0. The Morgan fingerprint density at radius 1 is 1.03 bits per heavy atom. The molecule has 7 unspecified atom stereocenters. The summed E-state index contributed by atoms with van der Waals surface area (Å²) in [6.45, 7) is 14.5. The molecule has 0 bridgehead atoms.